The fraction of sp³-hybridized carbons (Fsp3) is 0.125. The molecular formula is C24H22N2O4S. The Bertz CT molecular complexity index is 1100. The molecule has 0 heterocycles. The van der Waals surface area contributed by atoms with Crippen molar-refractivity contribution >= 4 is 40.9 Å². The molecular weight excluding hydrogens is 412 g/mol. The SMILES string of the molecule is Cc1ccc(NC(=O)C(C)Sc2ccc(NC(=O)c3ccccc3C(=O)O)cc2)cc1. The molecule has 0 radical (unpaired) electrons. The summed E-state index contributed by atoms with van der Waals surface area (Å²) in [5.74, 6) is -1.75. The van der Waals surface area contributed by atoms with E-state index < -0.39 is 11.9 Å². The van der Waals surface area contributed by atoms with E-state index in [1.807, 2.05) is 38.1 Å². The number of nitrogens with one attached hydrogen (secondary N) is 2. The minimum Gasteiger partial charge on any atom is -0.478 e. The van der Waals surface area contributed by atoms with Crippen molar-refractivity contribution in [2.75, 3.05) is 10.6 Å². The largest absolute Gasteiger partial charge is 0.478 e. The number of carboxylic acid groups (broad SMARTS) is 1. The number of carboxylic acids is 1. The van der Waals surface area contributed by atoms with Gasteiger partial charge in [-0.1, -0.05) is 29.8 Å². The molecule has 0 spiro atoms. The molecule has 3 rings (SSSR count). The molecule has 0 aliphatic carbocycles. The van der Waals surface area contributed by atoms with E-state index in [9.17, 15) is 19.5 Å². The van der Waals surface area contributed by atoms with E-state index in [0.29, 0.717) is 5.69 Å². The molecule has 1 unspecified atom stereocenters. The molecule has 3 N–H and O–H groups in total. The van der Waals surface area contributed by atoms with Crippen LogP contribution in [0.15, 0.2) is 77.7 Å². The van der Waals surface area contributed by atoms with E-state index in [-0.39, 0.29) is 22.3 Å². The number of benzene rings is 3. The molecule has 2 amide bonds. The van der Waals surface area contributed by atoms with Crippen LogP contribution in [0.1, 0.15) is 33.2 Å². The van der Waals surface area contributed by atoms with Gasteiger partial charge in [0.1, 0.15) is 0 Å². The first kappa shape index (κ1) is 22.1. The zero-order chi connectivity index (χ0) is 22.4. The van der Waals surface area contributed by atoms with Gasteiger partial charge >= 0.3 is 5.97 Å². The van der Waals surface area contributed by atoms with Gasteiger partial charge in [0.2, 0.25) is 5.91 Å². The van der Waals surface area contributed by atoms with E-state index in [1.165, 1.54) is 23.9 Å². The molecule has 3 aromatic carbocycles. The minimum atomic E-state index is -1.16. The predicted octanol–water partition coefficient (Wildman–Crippen LogP) is 5.06. The topological polar surface area (TPSA) is 95.5 Å². The molecule has 1 atom stereocenters. The van der Waals surface area contributed by atoms with E-state index in [2.05, 4.69) is 10.6 Å². The van der Waals surface area contributed by atoms with Crippen LogP contribution in [0.3, 0.4) is 0 Å². The molecule has 0 aromatic heterocycles. The van der Waals surface area contributed by atoms with Crippen LogP contribution in [-0.4, -0.2) is 28.1 Å². The van der Waals surface area contributed by atoms with Gasteiger partial charge in [0.25, 0.3) is 5.91 Å². The second-order valence-electron chi connectivity index (χ2n) is 6.94. The molecule has 0 aliphatic rings. The van der Waals surface area contributed by atoms with Gasteiger partial charge in [0.15, 0.2) is 0 Å². The van der Waals surface area contributed by atoms with Gasteiger partial charge in [0, 0.05) is 16.3 Å². The molecule has 0 saturated carbocycles. The maximum atomic E-state index is 12.5. The van der Waals surface area contributed by atoms with Gasteiger partial charge in [-0.05, 0) is 62.4 Å². The molecule has 0 fully saturated rings. The maximum absolute atomic E-state index is 12.5. The molecule has 0 saturated heterocycles. The molecule has 3 aromatic rings. The number of thioether (sulfide) groups is 1. The van der Waals surface area contributed by atoms with Crippen LogP contribution in [0.5, 0.6) is 0 Å². The maximum Gasteiger partial charge on any atom is 0.336 e. The van der Waals surface area contributed by atoms with E-state index in [4.69, 9.17) is 0 Å². The van der Waals surface area contributed by atoms with Gasteiger partial charge < -0.3 is 15.7 Å². The van der Waals surface area contributed by atoms with Crippen LogP contribution in [0.2, 0.25) is 0 Å². The predicted molar refractivity (Wildman–Crippen MR) is 123 cm³/mol. The summed E-state index contributed by atoms with van der Waals surface area (Å²) < 4.78 is 0. The fourth-order valence-electron chi connectivity index (χ4n) is 2.82. The standard InChI is InChI=1S/C24H22N2O4S/c1-15-7-9-17(10-8-15)25-22(27)16(2)31-19-13-11-18(12-14-19)26-23(28)20-5-3-4-6-21(20)24(29)30/h3-14,16H,1-2H3,(H,25,27)(H,26,28)(H,29,30). The lowest BCUT2D eigenvalue weighted by Gasteiger charge is -2.13. The van der Waals surface area contributed by atoms with Crippen molar-refractivity contribution in [3.63, 3.8) is 0 Å². The fourth-order valence-corrected chi connectivity index (χ4v) is 3.69. The average Bonchev–Trinajstić information content (AvgIpc) is 2.76. The summed E-state index contributed by atoms with van der Waals surface area (Å²) in [6.45, 7) is 3.81. The lowest BCUT2D eigenvalue weighted by Crippen LogP contribution is -2.22. The second-order valence-corrected chi connectivity index (χ2v) is 8.36. The van der Waals surface area contributed by atoms with Gasteiger partial charge in [-0.15, -0.1) is 11.8 Å². The van der Waals surface area contributed by atoms with Crippen molar-refractivity contribution in [3.05, 3.63) is 89.5 Å². The summed E-state index contributed by atoms with van der Waals surface area (Å²) in [5.41, 5.74) is 2.45. The van der Waals surface area contributed by atoms with Crippen LogP contribution < -0.4 is 10.6 Å². The molecule has 0 aliphatic heterocycles. The highest BCUT2D eigenvalue weighted by Gasteiger charge is 2.17. The zero-order valence-corrected chi connectivity index (χ0v) is 17.9. The Morgan fingerprint density at radius 3 is 1.97 bits per heavy atom. The van der Waals surface area contributed by atoms with Crippen LogP contribution in [0.25, 0.3) is 0 Å². The van der Waals surface area contributed by atoms with Crippen LogP contribution in [0.4, 0.5) is 11.4 Å². The van der Waals surface area contributed by atoms with Crippen LogP contribution in [0, 0.1) is 6.92 Å². The summed E-state index contributed by atoms with van der Waals surface area (Å²) >= 11 is 1.40. The number of hydrogen-bond donors (Lipinski definition) is 3. The van der Waals surface area contributed by atoms with Gasteiger partial charge in [-0.25, -0.2) is 4.79 Å². The third kappa shape index (κ3) is 5.96. The molecule has 0 bridgehead atoms. The van der Waals surface area contributed by atoms with Gasteiger partial charge in [-0.2, -0.15) is 0 Å². The summed E-state index contributed by atoms with van der Waals surface area (Å²) in [4.78, 5) is 37.0. The second kappa shape index (κ2) is 9.95. The molecule has 31 heavy (non-hydrogen) atoms. The number of aromatic carboxylic acids is 1. The monoisotopic (exact) mass is 434 g/mol. The Balaban J connectivity index is 1.60. The van der Waals surface area contributed by atoms with Gasteiger partial charge in [0.05, 0.1) is 16.4 Å². The van der Waals surface area contributed by atoms with Crippen molar-refractivity contribution < 1.29 is 19.5 Å². The highest BCUT2D eigenvalue weighted by molar-refractivity contribution is 8.00. The van der Waals surface area contributed by atoms with Crippen molar-refractivity contribution in [2.45, 2.75) is 24.0 Å². The van der Waals surface area contributed by atoms with E-state index >= 15 is 0 Å². The summed E-state index contributed by atoms with van der Waals surface area (Å²) in [5, 5.41) is 14.5. The smallest absolute Gasteiger partial charge is 0.336 e. The minimum absolute atomic E-state index is 0.0550. The molecule has 7 heteroatoms. The lowest BCUT2D eigenvalue weighted by molar-refractivity contribution is -0.115. The first-order valence-electron chi connectivity index (χ1n) is 9.61. The normalized spacial score (nSPS) is 11.4. The first-order valence-corrected chi connectivity index (χ1v) is 10.5. The molecule has 158 valence electrons. The number of carbonyl (C=O) groups excluding carboxylic acids is 2. The number of hydrogen-bond acceptors (Lipinski definition) is 4. The highest BCUT2D eigenvalue weighted by atomic mass is 32.2. The quantitative estimate of drug-likeness (QED) is 0.452. The first-order chi connectivity index (χ1) is 14.8. The Morgan fingerprint density at radius 2 is 1.35 bits per heavy atom. The number of carbonyl (C=O) groups is 3. The summed E-state index contributed by atoms with van der Waals surface area (Å²) in [7, 11) is 0. The Kier molecular flexibility index (Phi) is 7.10. The number of aryl methyl sites for hydroxylation is 1. The highest BCUT2D eigenvalue weighted by Crippen LogP contribution is 2.26. The Labute approximate surface area is 184 Å². The van der Waals surface area contributed by atoms with Crippen molar-refractivity contribution in [1.82, 2.24) is 0 Å². The zero-order valence-electron chi connectivity index (χ0n) is 17.1. The van der Waals surface area contributed by atoms with Crippen molar-refractivity contribution in [1.29, 1.82) is 0 Å². The van der Waals surface area contributed by atoms with Crippen LogP contribution >= 0.6 is 11.8 Å². The number of amides is 2. The number of rotatable bonds is 7. The van der Waals surface area contributed by atoms with E-state index in [0.717, 1.165) is 16.1 Å². The lowest BCUT2D eigenvalue weighted by atomic mass is 10.1. The summed E-state index contributed by atoms with van der Waals surface area (Å²) in [6.07, 6.45) is 0. The van der Waals surface area contributed by atoms with Crippen molar-refractivity contribution in [3.8, 4) is 0 Å². The third-order valence-electron chi connectivity index (χ3n) is 4.52. The van der Waals surface area contributed by atoms with E-state index in [1.54, 1.807) is 36.4 Å². The van der Waals surface area contributed by atoms with Crippen molar-refractivity contribution in [2.24, 2.45) is 0 Å². The third-order valence-corrected chi connectivity index (χ3v) is 5.63. The Hall–Kier alpha value is -3.58. The summed E-state index contributed by atoms with van der Waals surface area (Å²) in [6, 6.07) is 20.7. The molecule has 6 nitrogen and oxygen atoms in total. The van der Waals surface area contributed by atoms with Gasteiger partial charge in [-0.3, -0.25) is 9.59 Å². The Morgan fingerprint density at radius 1 is 0.806 bits per heavy atom. The van der Waals surface area contributed by atoms with Crippen LogP contribution in [-0.2, 0) is 4.79 Å². The average molecular weight is 435 g/mol. The number of anilines is 2.